The average molecular weight is 262 g/mol. The third-order valence-electron chi connectivity index (χ3n) is 4.26. The zero-order valence-electron chi connectivity index (χ0n) is 12.1. The SMILES string of the molecule is Cc1cc(C(=O)C2(CC(C)C)CCCC2)ccc1F. The Morgan fingerprint density at radius 2 is 1.95 bits per heavy atom. The molecule has 1 aliphatic carbocycles. The fraction of sp³-hybridized carbons (Fsp3) is 0.588. The predicted octanol–water partition coefficient (Wildman–Crippen LogP) is 4.92. The molecule has 2 rings (SSSR count). The van der Waals surface area contributed by atoms with E-state index >= 15 is 0 Å². The largest absolute Gasteiger partial charge is 0.294 e. The molecule has 0 spiro atoms. The van der Waals surface area contributed by atoms with Crippen molar-refractivity contribution < 1.29 is 9.18 Å². The van der Waals surface area contributed by atoms with Crippen LogP contribution in [-0.4, -0.2) is 5.78 Å². The second-order valence-electron chi connectivity index (χ2n) is 6.38. The van der Waals surface area contributed by atoms with Crippen molar-refractivity contribution in [3.8, 4) is 0 Å². The van der Waals surface area contributed by atoms with Gasteiger partial charge in [-0.3, -0.25) is 4.79 Å². The van der Waals surface area contributed by atoms with E-state index in [4.69, 9.17) is 0 Å². The Balaban J connectivity index is 2.31. The van der Waals surface area contributed by atoms with Crippen LogP contribution in [0.4, 0.5) is 4.39 Å². The Morgan fingerprint density at radius 1 is 1.32 bits per heavy atom. The van der Waals surface area contributed by atoms with E-state index in [1.54, 1.807) is 19.1 Å². The van der Waals surface area contributed by atoms with E-state index in [1.165, 1.54) is 6.07 Å². The normalized spacial score (nSPS) is 17.9. The maximum atomic E-state index is 13.3. The lowest BCUT2D eigenvalue weighted by Gasteiger charge is -2.29. The molecule has 0 saturated heterocycles. The molecule has 0 heterocycles. The molecular formula is C17H23FO. The lowest BCUT2D eigenvalue weighted by Crippen LogP contribution is -2.30. The van der Waals surface area contributed by atoms with Crippen LogP contribution < -0.4 is 0 Å². The van der Waals surface area contributed by atoms with E-state index in [1.807, 2.05) is 0 Å². The zero-order chi connectivity index (χ0) is 14.0. The summed E-state index contributed by atoms with van der Waals surface area (Å²) in [5, 5.41) is 0. The number of halogens is 1. The molecule has 0 amide bonds. The molecule has 0 bridgehead atoms. The van der Waals surface area contributed by atoms with Crippen LogP contribution >= 0.6 is 0 Å². The van der Waals surface area contributed by atoms with Gasteiger partial charge in [0.25, 0.3) is 0 Å². The maximum Gasteiger partial charge on any atom is 0.169 e. The Labute approximate surface area is 115 Å². The summed E-state index contributed by atoms with van der Waals surface area (Å²) in [5.74, 6) is 0.506. The van der Waals surface area contributed by atoms with Crippen LogP contribution in [0.5, 0.6) is 0 Å². The Bertz CT molecular complexity index is 470. The molecule has 2 heteroatoms. The number of aryl methyl sites for hydroxylation is 1. The van der Waals surface area contributed by atoms with Gasteiger partial charge in [-0.25, -0.2) is 4.39 Å². The van der Waals surface area contributed by atoms with Gasteiger partial charge in [0.2, 0.25) is 0 Å². The summed E-state index contributed by atoms with van der Waals surface area (Å²) in [6.45, 7) is 6.06. The monoisotopic (exact) mass is 262 g/mol. The van der Waals surface area contributed by atoms with E-state index in [-0.39, 0.29) is 17.0 Å². The first-order valence-electron chi connectivity index (χ1n) is 7.25. The second-order valence-corrected chi connectivity index (χ2v) is 6.38. The highest BCUT2D eigenvalue weighted by Crippen LogP contribution is 2.45. The van der Waals surface area contributed by atoms with Crippen LogP contribution in [0.2, 0.25) is 0 Å². The van der Waals surface area contributed by atoms with Crippen LogP contribution in [0.25, 0.3) is 0 Å². The maximum absolute atomic E-state index is 13.3. The highest BCUT2D eigenvalue weighted by atomic mass is 19.1. The van der Waals surface area contributed by atoms with Gasteiger partial charge in [-0.1, -0.05) is 26.7 Å². The number of Topliss-reactive ketones (excluding diaryl/α,β-unsaturated/α-hetero) is 1. The summed E-state index contributed by atoms with van der Waals surface area (Å²) < 4.78 is 13.3. The quantitative estimate of drug-likeness (QED) is 0.704. The van der Waals surface area contributed by atoms with E-state index in [0.717, 1.165) is 32.1 Å². The van der Waals surface area contributed by atoms with Crippen molar-refractivity contribution in [1.29, 1.82) is 0 Å². The van der Waals surface area contributed by atoms with Crippen molar-refractivity contribution in [2.24, 2.45) is 11.3 Å². The highest BCUT2D eigenvalue weighted by molar-refractivity contribution is 6.00. The fourth-order valence-electron chi connectivity index (χ4n) is 3.45. The molecule has 19 heavy (non-hydrogen) atoms. The highest BCUT2D eigenvalue weighted by Gasteiger charge is 2.41. The predicted molar refractivity (Wildman–Crippen MR) is 75.8 cm³/mol. The number of ketones is 1. The molecule has 1 saturated carbocycles. The van der Waals surface area contributed by atoms with Crippen molar-refractivity contribution in [2.45, 2.75) is 52.9 Å². The Morgan fingerprint density at radius 3 is 2.47 bits per heavy atom. The molecule has 104 valence electrons. The second kappa shape index (κ2) is 5.44. The molecule has 0 aromatic heterocycles. The summed E-state index contributed by atoms with van der Waals surface area (Å²) in [5.41, 5.74) is 1.04. The van der Waals surface area contributed by atoms with Gasteiger partial charge in [0.15, 0.2) is 5.78 Å². The van der Waals surface area contributed by atoms with Gasteiger partial charge < -0.3 is 0 Å². The lowest BCUT2D eigenvalue weighted by atomic mass is 9.73. The molecular weight excluding hydrogens is 239 g/mol. The molecule has 1 aromatic carbocycles. The lowest BCUT2D eigenvalue weighted by molar-refractivity contribution is 0.0759. The van der Waals surface area contributed by atoms with Crippen LogP contribution in [-0.2, 0) is 0 Å². The molecule has 1 fully saturated rings. The Hall–Kier alpha value is -1.18. The number of hydrogen-bond donors (Lipinski definition) is 0. The van der Waals surface area contributed by atoms with Crippen molar-refractivity contribution in [3.05, 3.63) is 35.1 Å². The third kappa shape index (κ3) is 2.88. The van der Waals surface area contributed by atoms with E-state index in [0.29, 0.717) is 17.0 Å². The van der Waals surface area contributed by atoms with E-state index in [9.17, 15) is 9.18 Å². The number of carbonyl (C=O) groups excluding carboxylic acids is 1. The molecule has 0 unspecified atom stereocenters. The molecule has 1 aliphatic rings. The average Bonchev–Trinajstić information content (AvgIpc) is 2.80. The zero-order valence-corrected chi connectivity index (χ0v) is 12.1. The molecule has 1 aromatic rings. The minimum absolute atomic E-state index is 0.196. The minimum atomic E-state index is -0.235. The smallest absolute Gasteiger partial charge is 0.169 e. The Kier molecular flexibility index (Phi) is 4.07. The number of carbonyl (C=O) groups is 1. The third-order valence-corrected chi connectivity index (χ3v) is 4.26. The van der Waals surface area contributed by atoms with Gasteiger partial charge in [-0.05, 0) is 55.9 Å². The molecule has 1 nitrogen and oxygen atoms in total. The molecule has 0 N–H and O–H groups in total. The first-order valence-corrected chi connectivity index (χ1v) is 7.25. The van der Waals surface area contributed by atoms with Gasteiger partial charge in [0.1, 0.15) is 5.82 Å². The first-order chi connectivity index (χ1) is 8.94. The summed E-state index contributed by atoms with van der Waals surface area (Å²) in [6, 6.07) is 4.77. The van der Waals surface area contributed by atoms with E-state index in [2.05, 4.69) is 13.8 Å². The summed E-state index contributed by atoms with van der Waals surface area (Å²) >= 11 is 0. The van der Waals surface area contributed by atoms with Gasteiger partial charge in [0.05, 0.1) is 0 Å². The van der Waals surface area contributed by atoms with Crippen molar-refractivity contribution >= 4 is 5.78 Å². The molecule has 0 atom stereocenters. The number of rotatable bonds is 4. The standard InChI is InChI=1S/C17H23FO/c1-12(2)11-17(8-4-5-9-17)16(19)14-6-7-15(18)13(3)10-14/h6-7,10,12H,4-5,8-9,11H2,1-3H3. The summed E-state index contributed by atoms with van der Waals surface area (Å²) in [4.78, 5) is 12.8. The van der Waals surface area contributed by atoms with Crippen molar-refractivity contribution in [2.75, 3.05) is 0 Å². The molecule has 0 radical (unpaired) electrons. The summed E-state index contributed by atoms with van der Waals surface area (Å²) in [6.07, 6.45) is 5.19. The molecule has 0 aliphatic heterocycles. The van der Waals surface area contributed by atoms with Gasteiger partial charge in [-0.2, -0.15) is 0 Å². The number of hydrogen-bond acceptors (Lipinski definition) is 1. The van der Waals surface area contributed by atoms with Crippen LogP contribution in [0.3, 0.4) is 0 Å². The summed E-state index contributed by atoms with van der Waals surface area (Å²) in [7, 11) is 0. The number of benzene rings is 1. The van der Waals surface area contributed by atoms with Gasteiger partial charge in [-0.15, -0.1) is 0 Å². The first kappa shape index (κ1) is 14.2. The minimum Gasteiger partial charge on any atom is -0.294 e. The van der Waals surface area contributed by atoms with Gasteiger partial charge >= 0.3 is 0 Å². The van der Waals surface area contributed by atoms with Crippen molar-refractivity contribution in [1.82, 2.24) is 0 Å². The van der Waals surface area contributed by atoms with Crippen LogP contribution in [0.1, 0.15) is 61.9 Å². The van der Waals surface area contributed by atoms with Crippen LogP contribution in [0, 0.1) is 24.1 Å². The van der Waals surface area contributed by atoms with Crippen LogP contribution in [0.15, 0.2) is 18.2 Å². The fourth-order valence-corrected chi connectivity index (χ4v) is 3.45. The van der Waals surface area contributed by atoms with Gasteiger partial charge in [0, 0.05) is 11.0 Å². The van der Waals surface area contributed by atoms with E-state index < -0.39 is 0 Å². The van der Waals surface area contributed by atoms with Crippen molar-refractivity contribution in [3.63, 3.8) is 0 Å². The topological polar surface area (TPSA) is 17.1 Å².